The number of carbonyl (C=O) groups is 1. The monoisotopic (exact) mass is 511 g/mol. The molecule has 35 heavy (non-hydrogen) atoms. The third-order valence-corrected chi connectivity index (χ3v) is 6.82. The number of nitrogens with zero attached hydrogens (tertiary/aromatic N) is 1. The molecule has 0 aromatic heterocycles. The van der Waals surface area contributed by atoms with Gasteiger partial charge in [-0.15, -0.1) is 0 Å². The topological polar surface area (TPSA) is 62.8 Å². The molecule has 5 rings (SSSR count). The molecule has 1 fully saturated rings. The van der Waals surface area contributed by atoms with Crippen molar-refractivity contribution in [3.63, 3.8) is 0 Å². The van der Waals surface area contributed by atoms with Crippen LogP contribution in [0.2, 0.25) is 5.02 Å². The number of carbonyl (C=O) groups excluding carboxylic acids is 1. The summed E-state index contributed by atoms with van der Waals surface area (Å²) in [6.07, 6.45) is 0. The Bertz CT molecular complexity index is 1290. The molecule has 0 radical (unpaired) electrons. The SMILES string of the molecule is CCOc1cccc2c1OC1(C)C(C(=O)Nc3ccc(Cl)cc3)C2NC(=S)N1c1ccc(F)cc1. The van der Waals surface area contributed by atoms with E-state index in [1.165, 1.54) is 12.1 Å². The Morgan fingerprint density at radius 3 is 2.60 bits per heavy atom. The molecule has 1 amide bonds. The Morgan fingerprint density at radius 1 is 1.20 bits per heavy atom. The third kappa shape index (κ3) is 4.06. The molecule has 180 valence electrons. The number of thiocarbonyl (C=S) groups is 1. The summed E-state index contributed by atoms with van der Waals surface area (Å²) < 4.78 is 26.2. The number of halogens is 2. The van der Waals surface area contributed by atoms with E-state index in [-0.39, 0.29) is 11.7 Å². The molecule has 2 heterocycles. The quantitative estimate of drug-likeness (QED) is 0.430. The minimum Gasteiger partial charge on any atom is -0.490 e. The highest BCUT2D eigenvalue weighted by Crippen LogP contribution is 2.52. The number of fused-ring (bicyclic) bond motifs is 4. The van der Waals surface area contributed by atoms with Gasteiger partial charge in [-0.25, -0.2) is 4.39 Å². The van der Waals surface area contributed by atoms with Crippen LogP contribution in [0.5, 0.6) is 11.5 Å². The number of para-hydroxylation sites is 1. The predicted octanol–water partition coefficient (Wildman–Crippen LogP) is 5.68. The molecule has 3 atom stereocenters. The Morgan fingerprint density at radius 2 is 1.91 bits per heavy atom. The Hall–Kier alpha value is -3.36. The summed E-state index contributed by atoms with van der Waals surface area (Å²) in [7, 11) is 0. The Kier molecular flexibility index (Phi) is 6.02. The van der Waals surface area contributed by atoms with E-state index in [4.69, 9.17) is 33.3 Å². The van der Waals surface area contributed by atoms with E-state index < -0.39 is 17.7 Å². The molecule has 1 saturated heterocycles. The second kappa shape index (κ2) is 9.02. The zero-order chi connectivity index (χ0) is 24.7. The highest BCUT2D eigenvalue weighted by molar-refractivity contribution is 7.80. The van der Waals surface area contributed by atoms with Crippen molar-refractivity contribution in [3.8, 4) is 11.5 Å². The number of hydrogen-bond donors (Lipinski definition) is 2. The van der Waals surface area contributed by atoms with Gasteiger partial charge in [-0.05, 0) is 80.7 Å². The lowest BCUT2D eigenvalue weighted by molar-refractivity contribution is -0.130. The van der Waals surface area contributed by atoms with E-state index in [1.54, 1.807) is 41.3 Å². The predicted molar refractivity (Wildman–Crippen MR) is 138 cm³/mol. The summed E-state index contributed by atoms with van der Waals surface area (Å²) >= 11 is 11.7. The summed E-state index contributed by atoms with van der Waals surface area (Å²) in [5, 5.41) is 7.25. The van der Waals surface area contributed by atoms with Crippen LogP contribution in [0.4, 0.5) is 15.8 Å². The number of amides is 1. The molecular formula is C26H23ClFN3O3S. The molecule has 2 aliphatic rings. The number of rotatable bonds is 5. The minimum absolute atomic E-state index is 0.269. The highest BCUT2D eigenvalue weighted by Gasteiger charge is 2.59. The molecule has 2 bridgehead atoms. The van der Waals surface area contributed by atoms with E-state index in [0.29, 0.717) is 39.6 Å². The molecule has 3 aromatic rings. The van der Waals surface area contributed by atoms with Crippen molar-refractivity contribution in [2.45, 2.75) is 25.6 Å². The van der Waals surface area contributed by atoms with Gasteiger partial charge in [0.05, 0.1) is 12.6 Å². The summed E-state index contributed by atoms with van der Waals surface area (Å²) in [6, 6.07) is 17.9. The first-order chi connectivity index (χ1) is 16.8. The van der Waals surface area contributed by atoms with Gasteiger partial charge in [-0.3, -0.25) is 9.69 Å². The van der Waals surface area contributed by atoms with Crippen LogP contribution in [0.25, 0.3) is 0 Å². The second-order valence-electron chi connectivity index (χ2n) is 8.48. The molecule has 2 aliphatic heterocycles. The van der Waals surface area contributed by atoms with E-state index in [2.05, 4.69) is 10.6 Å². The van der Waals surface area contributed by atoms with Crippen LogP contribution in [-0.2, 0) is 4.79 Å². The van der Waals surface area contributed by atoms with Crippen molar-refractivity contribution in [3.05, 3.63) is 83.1 Å². The van der Waals surface area contributed by atoms with E-state index >= 15 is 0 Å². The zero-order valence-electron chi connectivity index (χ0n) is 19.0. The van der Waals surface area contributed by atoms with Crippen molar-refractivity contribution >= 4 is 46.2 Å². The maximum atomic E-state index is 13.8. The Labute approximate surface area is 213 Å². The first-order valence-electron chi connectivity index (χ1n) is 11.2. The van der Waals surface area contributed by atoms with Gasteiger partial charge < -0.3 is 20.1 Å². The van der Waals surface area contributed by atoms with Crippen LogP contribution in [0.1, 0.15) is 25.5 Å². The van der Waals surface area contributed by atoms with Crippen LogP contribution in [0, 0.1) is 11.7 Å². The smallest absolute Gasteiger partial charge is 0.236 e. The number of anilines is 2. The molecule has 9 heteroatoms. The Balaban J connectivity index is 1.63. The first kappa shape index (κ1) is 23.4. The van der Waals surface area contributed by atoms with Gasteiger partial charge in [-0.1, -0.05) is 23.7 Å². The molecule has 0 aliphatic carbocycles. The van der Waals surface area contributed by atoms with Crippen molar-refractivity contribution in [2.75, 3.05) is 16.8 Å². The lowest BCUT2D eigenvalue weighted by atomic mass is 9.78. The van der Waals surface area contributed by atoms with Gasteiger partial charge in [0, 0.05) is 22.0 Å². The van der Waals surface area contributed by atoms with Gasteiger partial charge in [0.2, 0.25) is 5.91 Å². The average Bonchev–Trinajstić information content (AvgIpc) is 2.82. The maximum absolute atomic E-state index is 13.8. The van der Waals surface area contributed by atoms with Crippen molar-refractivity contribution < 1.29 is 18.7 Å². The van der Waals surface area contributed by atoms with Crippen molar-refractivity contribution in [2.24, 2.45) is 5.92 Å². The summed E-state index contributed by atoms with van der Waals surface area (Å²) in [5.41, 5.74) is 0.713. The van der Waals surface area contributed by atoms with Gasteiger partial charge in [0.15, 0.2) is 22.3 Å². The van der Waals surface area contributed by atoms with E-state index in [9.17, 15) is 9.18 Å². The van der Waals surface area contributed by atoms with Crippen LogP contribution >= 0.6 is 23.8 Å². The van der Waals surface area contributed by atoms with E-state index in [0.717, 1.165) is 5.56 Å². The number of nitrogens with one attached hydrogen (secondary N) is 2. The zero-order valence-corrected chi connectivity index (χ0v) is 20.6. The van der Waals surface area contributed by atoms with Crippen molar-refractivity contribution in [1.82, 2.24) is 5.32 Å². The molecule has 6 nitrogen and oxygen atoms in total. The van der Waals surface area contributed by atoms with E-state index in [1.807, 2.05) is 32.0 Å². The van der Waals surface area contributed by atoms with Crippen LogP contribution in [-0.4, -0.2) is 23.4 Å². The molecule has 0 spiro atoms. The molecular weight excluding hydrogens is 489 g/mol. The standard InChI is InChI=1S/C26H23ClFN3O3S/c1-3-33-20-6-4-5-19-22-21(24(32)29-17-11-7-15(27)8-12-17)26(2,34-23(19)20)31(25(35)30-22)18-13-9-16(28)10-14-18/h4-14,21-22H,3H2,1-2H3,(H,29,32)(H,30,35). The fraction of sp³-hybridized carbons (Fsp3) is 0.231. The van der Waals surface area contributed by atoms with Crippen molar-refractivity contribution in [1.29, 1.82) is 0 Å². The maximum Gasteiger partial charge on any atom is 0.236 e. The average molecular weight is 512 g/mol. The summed E-state index contributed by atoms with van der Waals surface area (Å²) in [5.74, 6) is -0.266. The van der Waals surface area contributed by atoms with Crippen LogP contribution < -0.4 is 25.0 Å². The molecule has 2 N–H and O–H groups in total. The van der Waals surface area contributed by atoms with Gasteiger partial charge in [0.1, 0.15) is 11.7 Å². The second-order valence-corrected chi connectivity index (χ2v) is 9.30. The minimum atomic E-state index is -1.25. The first-order valence-corrected chi connectivity index (χ1v) is 12.0. The third-order valence-electron chi connectivity index (χ3n) is 6.27. The largest absolute Gasteiger partial charge is 0.490 e. The fourth-order valence-corrected chi connectivity index (χ4v) is 5.31. The van der Waals surface area contributed by atoms with Gasteiger partial charge in [0.25, 0.3) is 0 Å². The fourth-order valence-electron chi connectivity index (χ4n) is 4.77. The lowest BCUT2D eigenvalue weighted by Gasteiger charge is -2.56. The summed E-state index contributed by atoms with van der Waals surface area (Å²) in [4.78, 5) is 15.5. The number of benzene rings is 3. The molecule has 3 unspecified atom stereocenters. The molecule has 3 aromatic carbocycles. The normalized spacial score (nSPS) is 22.5. The highest BCUT2D eigenvalue weighted by atomic mass is 35.5. The van der Waals surface area contributed by atoms with Crippen LogP contribution in [0.3, 0.4) is 0 Å². The van der Waals surface area contributed by atoms with Crippen LogP contribution in [0.15, 0.2) is 66.7 Å². The summed E-state index contributed by atoms with van der Waals surface area (Å²) in [6.45, 7) is 4.16. The molecule has 0 saturated carbocycles. The lowest BCUT2D eigenvalue weighted by Crippen LogP contribution is -2.72. The van der Waals surface area contributed by atoms with Gasteiger partial charge >= 0.3 is 0 Å². The number of hydrogen-bond acceptors (Lipinski definition) is 4. The number of ether oxygens (including phenoxy) is 2. The van der Waals surface area contributed by atoms with Gasteiger partial charge in [-0.2, -0.15) is 0 Å².